The number of hydrogen-bond acceptors (Lipinski definition) is 3. The van der Waals surface area contributed by atoms with E-state index in [0.717, 1.165) is 11.5 Å². The molecule has 0 saturated carbocycles. The normalized spacial score (nSPS) is 11.5. The molecule has 0 fully saturated rings. The first kappa shape index (κ1) is 20.6. The van der Waals surface area contributed by atoms with Gasteiger partial charge in [-0.1, -0.05) is 0 Å². The van der Waals surface area contributed by atoms with Crippen molar-refractivity contribution in [1.82, 2.24) is 4.98 Å². The van der Waals surface area contributed by atoms with Gasteiger partial charge in [-0.15, -0.1) is 0 Å². The Morgan fingerprint density at radius 1 is 0.826 bits per heavy atom. The molecule has 0 amide bonds. The molecule has 132 valence electrons. The second kappa shape index (κ2) is 11.2. The van der Waals surface area contributed by atoms with Crippen molar-refractivity contribution in [2.45, 2.75) is 72.6 Å². The van der Waals surface area contributed by atoms with Crippen LogP contribution in [0.15, 0.2) is 12.3 Å². The van der Waals surface area contributed by atoms with Crippen molar-refractivity contribution in [1.29, 1.82) is 0 Å². The molecule has 3 nitrogen and oxygen atoms in total. The molecular weight excluding hydrogens is 393 g/mol. The zero-order valence-electron chi connectivity index (χ0n) is 15.8. The fraction of sp³-hybridized carbons (Fsp3) is 0.737. The maximum atomic E-state index is 5.55. The van der Waals surface area contributed by atoms with E-state index in [1.807, 2.05) is 6.20 Å². The van der Waals surface area contributed by atoms with Crippen LogP contribution >= 0.6 is 0 Å². The summed E-state index contributed by atoms with van der Waals surface area (Å²) in [6.45, 7) is 6.91. The fourth-order valence-corrected chi connectivity index (χ4v) is 18.7. The van der Waals surface area contributed by atoms with E-state index >= 15 is 0 Å². The molecule has 0 atom stereocenters. The minimum atomic E-state index is -2.46. The molecular formula is C19H35NO2Sn. The van der Waals surface area contributed by atoms with Crippen molar-refractivity contribution < 1.29 is 9.47 Å². The van der Waals surface area contributed by atoms with Gasteiger partial charge < -0.3 is 0 Å². The summed E-state index contributed by atoms with van der Waals surface area (Å²) in [4.78, 5) is 4.88. The number of aromatic nitrogens is 1. The van der Waals surface area contributed by atoms with Crippen molar-refractivity contribution in [2.24, 2.45) is 0 Å². The third-order valence-corrected chi connectivity index (χ3v) is 19.9. The van der Waals surface area contributed by atoms with Gasteiger partial charge in [-0.05, 0) is 0 Å². The van der Waals surface area contributed by atoms with Gasteiger partial charge in [0.2, 0.25) is 0 Å². The van der Waals surface area contributed by atoms with E-state index < -0.39 is 18.4 Å². The summed E-state index contributed by atoms with van der Waals surface area (Å²) in [6.07, 6.45) is 9.76. The molecule has 0 unspecified atom stereocenters. The summed E-state index contributed by atoms with van der Waals surface area (Å²) in [5.41, 5.74) is 0. The first-order chi connectivity index (χ1) is 11.2. The van der Waals surface area contributed by atoms with Crippen LogP contribution in [0.5, 0.6) is 11.5 Å². The minimum absolute atomic E-state index is 0.748. The molecule has 0 bridgehead atoms. The van der Waals surface area contributed by atoms with Crippen molar-refractivity contribution in [3.05, 3.63) is 12.3 Å². The van der Waals surface area contributed by atoms with Crippen LogP contribution in [0.3, 0.4) is 0 Å². The van der Waals surface area contributed by atoms with Gasteiger partial charge in [0.05, 0.1) is 0 Å². The monoisotopic (exact) mass is 429 g/mol. The van der Waals surface area contributed by atoms with Crippen LogP contribution in [0.4, 0.5) is 0 Å². The van der Waals surface area contributed by atoms with E-state index in [-0.39, 0.29) is 0 Å². The first-order valence-corrected chi connectivity index (χ1v) is 16.7. The van der Waals surface area contributed by atoms with Crippen molar-refractivity contribution >= 4 is 22.1 Å². The summed E-state index contributed by atoms with van der Waals surface area (Å²) >= 11 is -2.46. The SMILES string of the molecule is CCC[CH2][Sn]([CH2]CCC)([CH2]CCC)[c]1cc(OC)c(OC)cn1. The van der Waals surface area contributed by atoms with Gasteiger partial charge in [0, 0.05) is 0 Å². The third kappa shape index (κ3) is 5.84. The van der Waals surface area contributed by atoms with Crippen molar-refractivity contribution in [3.8, 4) is 11.5 Å². The molecule has 0 aliphatic heterocycles. The van der Waals surface area contributed by atoms with Crippen LogP contribution in [-0.4, -0.2) is 37.6 Å². The summed E-state index contributed by atoms with van der Waals surface area (Å²) in [6, 6.07) is 2.20. The molecule has 1 aromatic rings. The van der Waals surface area contributed by atoms with E-state index in [2.05, 4.69) is 26.8 Å². The molecule has 0 aromatic carbocycles. The van der Waals surface area contributed by atoms with Crippen LogP contribution in [0.2, 0.25) is 13.3 Å². The molecule has 0 aliphatic carbocycles. The Balaban J connectivity index is 3.22. The van der Waals surface area contributed by atoms with Gasteiger partial charge in [-0.25, -0.2) is 0 Å². The summed E-state index contributed by atoms with van der Waals surface area (Å²) < 4.78 is 16.6. The number of ether oxygens (including phenoxy) is 2. The molecule has 0 N–H and O–H groups in total. The Labute approximate surface area is 147 Å². The Bertz CT molecular complexity index is 429. The number of rotatable bonds is 12. The van der Waals surface area contributed by atoms with E-state index in [1.54, 1.807) is 14.2 Å². The topological polar surface area (TPSA) is 31.4 Å². The second-order valence-corrected chi connectivity index (χ2v) is 19.6. The third-order valence-electron chi connectivity index (χ3n) is 4.84. The van der Waals surface area contributed by atoms with Gasteiger partial charge in [-0.2, -0.15) is 0 Å². The standard InChI is InChI=1S/C7H8NO2.3C4H9.Sn/c1-9-6-3-4-8-5-7(6)10-2;3*1-3-4-2;/h3,5H,1-2H3;3*1,3-4H2,2H3;. The quantitative estimate of drug-likeness (QED) is 0.432. The zero-order valence-corrected chi connectivity index (χ0v) is 18.6. The molecule has 1 heterocycles. The van der Waals surface area contributed by atoms with E-state index in [9.17, 15) is 0 Å². The predicted molar refractivity (Wildman–Crippen MR) is 102 cm³/mol. The van der Waals surface area contributed by atoms with E-state index in [4.69, 9.17) is 14.5 Å². The molecule has 0 radical (unpaired) electrons. The molecule has 23 heavy (non-hydrogen) atoms. The second-order valence-electron chi connectivity index (χ2n) is 6.52. The van der Waals surface area contributed by atoms with Gasteiger partial charge in [0.1, 0.15) is 0 Å². The number of pyridine rings is 1. The molecule has 1 aromatic heterocycles. The van der Waals surface area contributed by atoms with Crippen molar-refractivity contribution in [3.63, 3.8) is 0 Å². The predicted octanol–water partition coefficient (Wildman–Crippen LogP) is 5.15. The van der Waals surface area contributed by atoms with E-state index in [0.29, 0.717) is 0 Å². The molecule has 4 heteroatoms. The van der Waals surface area contributed by atoms with Crippen molar-refractivity contribution in [2.75, 3.05) is 14.2 Å². The van der Waals surface area contributed by atoms with Gasteiger partial charge in [-0.3, -0.25) is 0 Å². The molecule has 0 spiro atoms. The molecule has 1 rings (SSSR count). The maximum absolute atomic E-state index is 5.55. The molecule has 0 saturated heterocycles. The number of unbranched alkanes of at least 4 members (excludes halogenated alkanes) is 3. The Morgan fingerprint density at radius 3 is 1.70 bits per heavy atom. The van der Waals surface area contributed by atoms with Gasteiger partial charge in [0.15, 0.2) is 0 Å². The van der Waals surface area contributed by atoms with Crippen LogP contribution in [0, 0.1) is 0 Å². The van der Waals surface area contributed by atoms with Crippen LogP contribution in [-0.2, 0) is 0 Å². The number of hydrogen-bond donors (Lipinski definition) is 0. The zero-order chi connectivity index (χ0) is 17.1. The van der Waals surface area contributed by atoms with E-state index in [1.165, 1.54) is 55.5 Å². The van der Waals surface area contributed by atoms with Gasteiger partial charge >= 0.3 is 147 Å². The number of nitrogens with zero attached hydrogens (tertiary/aromatic N) is 1. The average Bonchev–Trinajstić information content (AvgIpc) is 2.60. The summed E-state index contributed by atoms with van der Waals surface area (Å²) in [5, 5.41) is 0. The molecule has 0 aliphatic rings. The fourth-order valence-electron chi connectivity index (χ4n) is 3.33. The Hall–Kier alpha value is -0.451. The summed E-state index contributed by atoms with van der Waals surface area (Å²) in [7, 11) is 3.41. The Kier molecular flexibility index (Phi) is 10.00. The van der Waals surface area contributed by atoms with Crippen LogP contribution in [0.1, 0.15) is 59.3 Å². The average molecular weight is 428 g/mol. The number of methoxy groups -OCH3 is 2. The Morgan fingerprint density at radius 2 is 1.30 bits per heavy atom. The first-order valence-electron chi connectivity index (χ1n) is 9.25. The van der Waals surface area contributed by atoms with Gasteiger partial charge in [0.25, 0.3) is 0 Å². The van der Waals surface area contributed by atoms with Crippen LogP contribution < -0.4 is 13.2 Å². The van der Waals surface area contributed by atoms with Crippen LogP contribution in [0.25, 0.3) is 0 Å². The summed E-state index contributed by atoms with van der Waals surface area (Å²) in [5.74, 6) is 1.60.